The quantitative estimate of drug-likeness (QED) is 0.448. The fourth-order valence-corrected chi connectivity index (χ4v) is 2.15. The van der Waals surface area contributed by atoms with Crippen LogP contribution in [0.3, 0.4) is 0 Å². The highest BCUT2D eigenvalue weighted by Crippen LogP contribution is 2.11. The van der Waals surface area contributed by atoms with Crippen LogP contribution >= 0.6 is 0 Å². The minimum Gasteiger partial charge on any atom is -0.420 e. The van der Waals surface area contributed by atoms with Gasteiger partial charge in [-0.05, 0) is 25.6 Å². The molecule has 0 N–H and O–H groups in total. The van der Waals surface area contributed by atoms with Crippen molar-refractivity contribution in [1.82, 2.24) is 0 Å². The van der Waals surface area contributed by atoms with Crippen molar-refractivity contribution < 1.29 is 13.9 Å². The van der Waals surface area contributed by atoms with E-state index in [2.05, 4.69) is 13.1 Å². The van der Waals surface area contributed by atoms with E-state index in [0.717, 1.165) is 19.1 Å². The van der Waals surface area contributed by atoms with E-state index in [1.807, 2.05) is 0 Å². The van der Waals surface area contributed by atoms with E-state index in [1.165, 1.54) is 0 Å². The second-order valence-corrected chi connectivity index (χ2v) is 8.10. The smallest absolute Gasteiger partial charge is 0.186 e. The molecule has 0 fully saturated rings. The highest BCUT2D eigenvalue weighted by atomic mass is 28.4. The molecule has 13 heavy (non-hydrogen) atoms. The Kier molecular flexibility index (Phi) is 7.55. The van der Waals surface area contributed by atoms with Gasteiger partial charge in [0.2, 0.25) is 0 Å². The number of hydrogen-bond acceptors (Lipinski definition) is 3. The van der Waals surface area contributed by atoms with E-state index in [0.29, 0.717) is 13.2 Å². The number of hydrogen-bond donors (Lipinski definition) is 0. The molecule has 0 radical (unpaired) electrons. The highest BCUT2D eigenvalue weighted by molar-refractivity contribution is 6.71. The van der Waals surface area contributed by atoms with E-state index in [4.69, 9.17) is 13.9 Å². The summed E-state index contributed by atoms with van der Waals surface area (Å²) < 4.78 is 15.6. The Morgan fingerprint density at radius 3 is 2.23 bits per heavy atom. The van der Waals surface area contributed by atoms with Crippen molar-refractivity contribution in [2.45, 2.75) is 25.6 Å². The first-order valence-electron chi connectivity index (χ1n) is 4.74. The summed E-state index contributed by atoms with van der Waals surface area (Å²) in [6.07, 6.45) is 1.09. The minimum atomic E-state index is -1.36. The first kappa shape index (κ1) is 13.1. The van der Waals surface area contributed by atoms with Crippen molar-refractivity contribution in [2.75, 3.05) is 34.0 Å². The van der Waals surface area contributed by atoms with Crippen LogP contribution in [0.25, 0.3) is 0 Å². The SMILES string of the molecule is COCCOCCC[Si](C)(C)OC. The molecule has 0 unspecified atom stereocenters. The molecule has 0 bridgehead atoms. The Bertz CT molecular complexity index is 117. The molecule has 0 aliphatic carbocycles. The molecule has 0 amide bonds. The fraction of sp³-hybridized carbons (Fsp3) is 1.00. The summed E-state index contributed by atoms with van der Waals surface area (Å²) in [6, 6.07) is 1.16. The van der Waals surface area contributed by atoms with Gasteiger partial charge in [0, 0.05) is 20.8 Å². The van der Waals surface area contributed by atoms with Gasteiger partial charge in [-0.2, -0.15) is 0 Å². The summed E-state index contributed by atoms with van der Waals surface area (Å²) in [5, 5.41) is 0. The molecule has 0 rings (SSSR count). The summed E-state index contributed by atoms with van der Waals surface area (Å²) in [7, 11) is 2.13. The van der Waals surface area contributed by atoms with Crippen molar-refractivity contribution in [3.05, 3.63) is 0 Å². The summed E-state index contributed by atoms with van der Waals surface area (Å²) in [5.74, 6) is 0. The van der Waals surface area contributed by atoms with Crippen LogP contribution < -0.4 is 0 Å². The molecule has 0 atom stereocenters. The van der Waals surface area contributed by atoms with Crippen molar-refractivity contribution in [1.29, 1.82) is 0 Å². The third-order valence-electron chi connectivity index (χ3n) is 2.05. The molecule has 0 aliphatic rings. The summed E-state index contributed by atoms with van der Waals surface area (Å²) in [5.41, 5.74) is 0. The van der Waals surface area contributed by atoms with Gasteiger partial charge in [-0.25, -0.2) is 0 Å². The van der Waals surface area contributed by atoms with Crippen molar-refractivity contribution in [2.24, 2.45) is 0 Å². The average Bonchev–Trinajstić information content (AvgIpc) is 2.11. The van der Waals surface area contributed by atoms with Crippen LogP contribution in [0.15, 0.2) is 0 Å². The van der Waals surface area contributed by atoms with Crippen LogP contribution in [0.4, 0.5) is 0 Å². The van der Waals surface area contributed by atoms with E-state index in [9.17, 15) is 0 Å². The Hall–Kier alpha value is 0.0969. The van der Waals surface area contributed by atoms with Crippen LogP contribution in [0.5, 0.6) is 0 Å². The zero-order valence-electron chi connectivity index (χ0n) is 9.26. The van der Waals surface area contributed by atoms with Gasteiger partial charge in [0.15, 0.2) is 8.32 Å². The molecule has 3 nitrogen and oxygen atoms in total. The van der Waals surface area contributed by atoms with Crippen LogP contribution in [0, 0.1) is 0 Å². The Labute approximate surface area is 82.5 Å². The Balaban J connectivity index is 3.16. The third kappa shape index (κ3) is 8.43. The van der Waals surface area contributed by atoms with Gasteiger partial charge in [0.1, 0.15) is 0 Å². The summed E-state index contributed by atoms with van der Waals surface area (Å²) >= 11 is 0. The monoisotopic (exact) mass is 206 g/mol. The molecule has 0 aromatic heterocycles. The Morgan fingerprint density at radius 2 is 1.69 bits per heavy atom. The largest absolute Gasteiger partial charge is 0.420 e. The van der Waals surface area contributed by atoms with Crippen molar-refractivity contribution in [3.63, 3.8) is 0 Å². The molecule has 4 heteroatoms. The van der Waals surface area contributed by atoms with Gasteiger partial charge in [-0.3, -0.25) is 0 Å². The lowest BCUT2D eigenvalue weighted by Crippen LogP contribution is -2.28. The molecular weight excluding hydrogens is 184 g/mol. The predicted octanol–water partition coefficient (Wildman–Crippen LogP) is 1.89. The number of ether oxygens (including phenoxy) is 2. The van der Waals surface area contributed by atoms with Gasteiger partial charge >= 0.3 is 0 Å². The minimum absolute atomic E-state index is 0.686. The molecule has 0 spiro atoms. The Morgan fingerprint density at radius 1 is 1.00 bits per heavy atom. The van der Waals surface area contributed by atoms with Crippen LogP contribution in [0.1, 0.15) is 6.42 Å². The topological polar surface area (TPSA) is 27.7 Å². The molecule has 0 saturated carbocycles. The van der Waals surface area contributed by atoms with Gasteiger partial charge < -0.3 is 13.9 Å². The lowest BCUT2D eigenvalue weighted by Gasteiger charge is -2.19. The first-order chi connectivity index (χ1) is 6.12. The molecule has 0 heterocycles. The maximum atomic E-state index is 5.42. The van der Waals surface area contributed by atoms with Gasteiger partial charge in [0.05, 0.1) is 13.2 Å². The fourth-order valence-electron chi connectivity index (χ4n) is 0.946. The zero-order valence-corrected chi connectivity index (χ0v) is 10.3. The predicted molar refractivity (Wildman–Crippen MR) is 56.6 cm³/mol. The van der Waals surface area contributed by atoms with Crippen LogP contribution in [-0.4, -0.2) is 42.4 Å². The second kappa shape index (κ2) is 7.50. The van der Waals surface area contributed by atoms with E-state index >= 15 is 0 Å². The van der Waals surface area contributed by atoms with E-state index in [-0.39, 0.29) is 0 Å². The number of methoxy groups -OCH3 is 1. The maximum Gasteiger partial charge on any atom is 0.186 e. The lowest BCUT2D eigenvalue weighted by atomic mass is 10.5. The zero-order chi connectivity index (χ0) is 10.2. The van der Waals surface area contributed by atoms with E-state index in [1.54, 1.807) is 14.2 Å². The summed E-state index contributed by atoms with van der Waals surface area (Å²) in [6.45, 7) is 6.66. The summed E-state index contributed by atoms with van der Waals surface area (Å²) in [4.78, 5) is 0. The van der Waals surface area contributed by atoms with Crippen LogP contribution in [-0.2, 0) is 13.9 Å². The normalized spacial score (nSPS) is 12.0. The molecule has 0 aromatic rings. The average molecular weight is 206 g/mol. The molecular formula is C9H22O3Si. The lowest BCUT2D eigenvalue weighted by molar-refractivity contribution is 0.0706. The molecule has 0 aromatic carbocycles. The third-order valence-corrected chi connectivity index (χ3v) is 4.71. The van der Waals surface area contributed by atoms with E-state index < -0.39 is 8.32 Å². The second-order valence-electron chi connectivity index (χ2n) is 3.67. The first-order valence-corrected chi connectivity index (χ1v) is 7.86. The van der Waals surface area contributed by atoms with Gasteiger partial charge in [-0.15, -0.1) is 0 Å². The molecule has 0 saturated heterocycles. The van der Waals surface area contributed by atoms with Crippen molar-refractivity contribution >= 4 is 8.32 Å². The van der Waals surface area contributed by atoms with Crippen LogP contribution in [0.2, 0.25) is 19.1 Å². The van der Waals surface area contributed by atoms with Crippen molar-refractivity contribution in [3.8, 4) is 0 Å². The molecule has 0 aliphatic heterocycles. The molecule has 80 valence electrons. The standard InChI is InChI=1S/C9H22O3Si/c1-10-7-8-12-6-5-9-13(3,4)11-2/h5-9H2,1-4H3. The highest BCUT2D eigenvalue weighted by Gasteiger charge is 2.19. The van der Waals surface area contributed by atoms with Gasteiger partial charge in [0.25, 0.3) is 0 Å². The number of rotatable bonds is 8. The van der Waals surface area contributed by atoms with Gasteiger partial charge in [-0.1, -0.05) is 0 Å². The maximum absolute atomic E-state index is 5.42.